The van der Waals surface area contributed by atoms with Gasteiger partial charge in [-0.1, -0.05) is 13.5 Å². The molecule has 2 aromatic heterocycles. The number of hydrogen-bond donors (Lipinski definition) is 2. The molecular formula is C17H19N3OS. The molecule has 0 spiro atoms. The molecule has 1 aliphatic rings. The first-order valence-corrected chi connectivity index (χ1v) is 8.22. The number of aryl methyl sites for hydroxylation is 1. The van der Waals surface area contributed by atoms with E-state index in [1.807, 2.05) is 18.2 Å². The average molecular weight is 313 g/mol. The quantitative estimate of drug-likeness (QED) is 0.853. The molecule has 1 amide bonds. The van der Waals surface area contributed by atoms with Crippen LogP contribution < -0.4 is 10.9 Å². The van der Waals surface area contributed by atoms with Gasteiger partial charge in [-0.2, -0.15) is 0 Å². The largest absolute Gasteiger partial charge is 0.298 e. The summed E-state index contributed by atoms with van der Waals surface area (Å²) in [5.74, 6) is 0.596. The van der Waals surface area contributed by atoms with Crippen LogP contribution in [0.4, 0.5) is 0 Å². The van der Waals surface area contributed by atoms with E-state index < -0.39 is 0 Å². The van der Waals surface area contributed by atoms with Crippen LogP contribution in [-0.2, 0) is 12.8 Å². The van der Waals surface area contributed by atoms with Gasteiger partial charge in [-0.15, -0.1) is 11.3 Å². The fourth-order valence-electron chi connectivity index (χ4n) is 2.62. The fraction of sp³-hybridized carbons (Fsp3) is 0.294. The second kappa shape index (κ2) is 6.32. The number of amides is 1. The highest BCUT2D eigenvalue weighted by molar-refractivity contribution is 7.14. The molecule has 0 saturated carbocycles. The van der Waals surface area contributed by atoms with Gasteiger partial charge in [0.2, 0.25) is 0 Å². The van der Waals surface area contributed by atoms with Gasteiger partial charge in [0.15, 0.2) is 0 Å². The number of aromatic nitrogens is 1. The van der Waals surface area contributed by atoms with Crippen LogP contribution in [0.1, 0.15) is 39.0 Å². The molecule has 0 radical (unpaired) electrons. The van der Waals surface area contributed by atoms with E-state index >= 15 is 0 Å². The molecule has 0 aliphatic heterocycles. The summed E-state index contributed by atoms with van der Waals surface area (Å²) in [7, 11) is 0. The number of hydrogen-bond acceptors (Lipinski definition) is 4. The Balaban J connectivity index is 1.62. The van der Waals surface area contributed by atoms with Crippen molar-refractivity contribution >= 4 is 22.9 Å². The predicted molar refractivity (Wildman–Crippen MR) is 89.4 cm³/mol. The molecule has 2 N–H and O–H groups in total. The molecule has 0 fully saturated rings. The lowest BCUT2D eigenvalue weighted by Gasteiger charge is -2.16. The summed E-state index contributed by atoms with van der Waals surface area (Å²) in [6, 6.07) is 5.75. The van der Waals surface area contributed by atoms with Gasteiger partial charge in [-0.3, -0.25) is 20.6 Å². The van der Waals surface area contributed by atoms with Gasteiger partial charge in [0.05, 0.1) is 10.6 Å². The van der Waals surface area contributed by atoms with Crippen LogP contribution >= 0.6 is 11.3 Å². The van der Waals surface area contributed by atoms with Gasteiger partial charge in [0.1, 0.15) is 0 Å². The van der Waals surface area contributed by atoms with E-state index in [2.05, 4.69) is 29.3 Å². The highest BCUT2D eigenvalue weighted by Crippen LogP contribution is 2.32. The van der Waals surface area contributed by atoms with E-state index in [1.165, 1.54) is 16.9 Å². The summed E-state index contributed by atoms with van der Waals surface area (Å²) in [6.45, 7) is 6.17. The molecule has 0 aromatic carbocycles. The van der Waals surface area contributed by atoms with Crippen molar-refractivity contribution in [3.63, 3.8) is 0 Å². The third kappa shape index (κ3) is 3.20. The summed E-state index contributed by atoms with van der Waals surface area (Å²) < 4.78 is 0. The molecule has 22 heavy (non-hydrogen) atoms. The summed E-state index contributed by atoms with van der Waals surface area (Å²) in [5.41, 5.74) is 8.37. The number of carbonyl (C=O) groups excluding carboxylic acids is 1. The molecule has 3 rings (SSSR count). The minimum atomic E-state index is -0.114. The zero-order valence-corrected chi connectivity index (χ0v) is 13.4. The number of thiophene rings is 1. The summed E-state index contributed by atoms with van der Waals surface area (Å²) in [6.07, 6.45) is 6.78. The SMILES string of the molecule is C=C(NNC(=O)c1cc2c(s1)CC[C@H](C)C2)c1cccnc1. The van der Waals surface area contributed by atoms with Crippen molar-refractivity contribution in [2.24, 2.45) is 5.92 Å². The van der Waals surface area contributed by atoms with Crippen LogP contribution in [-0.4, -0.2) is 10.9 Å². The van der Waals surface area contributed by atoms with Crippen LogP contribution in [0.15, 0.2) is 37.2 Å². The minimum absolute atomic E-state index is 0.114. The van der Waals surface area contributed by atoms with Gasteiger partial charge in [0, 0.05) is 22.8 Å². The Labute approximate surface area is 134 Å². The summed E-state index contributed by atoms with van der Waals surface area (Å²) in [5, 5.41) is 0. The van der Waals surface area contributed by atoms with Crippen LogP contribution in [0, 0.1) is 5.92 Å². The topological polar surface area (TPSA) is 54.0 Å². The van der Waals surface area contributed by atoms with Crippen LogP contribution in [0.25, 0.3) is 5.70 Å². The molecule has 2 aromatic rings. The monoisotopic (exact) mass is 313 g/mol. The number of rotatable bonds is 4. The van der Waals surface area contributed by atoms with E-state index in [9.17, 15) is 4.79 Å². The third-order valence-electron chi connectivity index (χ3n) is 3.89. The van der Waals surface area contributed by atoms with E-state index in [0.717, 1.165) is 23.3 Å². The van der Waals surface area contributed by atoms with Crippen LogP contribution in [0.2, 0.25) is 0 Å². The van der Waals surface area contributed by atoms with Gasteiger partial charge < -0.3 is 0 Å². The standard InChI is InChI=1S/C17H19N3OS/c1-11-5-6-15-14(8-11)9-16(22-15)17(21)20-19-12(2)13-4-3-7-18-10-13/h3-4,7,9-11,19H,2,5-6,8H2,1H3,(H,20,21)/t11-/m0/s1. The van der Waals surface area contributed by atoms with Crippen molar-refractivity contribution in [2.75, 3.05) is 0 Å². The maximum absolute atomic E-state index is 12.3. The molecule has 0 saturated heterocycles. The van der Waals surface area contributed by atoms with Gasteiger partial charge >= 0.3 is 0 Å². The van der Waals surface area contributed by atoms with Crippen molar-refractivity contribution in [2.45, 2.75) is 26.2 Å². The number of carbonyl (C=O) groups is 1. The Morgan fingerprint density at radius 2 is 2.32 bits per heavy atom. The van der Waals surface area contributed by atoms with Crippen molar-refractivity contribution in [3.05, 3.63) is 58.1 Å². The van der Waals surface area contributed by atoms with Gasteiger partial charge in [-0.05, 0) is 48.9 Å². The first-order valence-electron chi connectivity index (χ1n) is 7.40. The lowest BCUT2D eigenvalue weighted by Crippen LogP contribution is -2.35. The van der Waals surface area contributed by atoms with Crippen LogP contribution in [0.5, 0.6) is 0 Å². The maximum atomic E-state index is 12.3. The third-order valence-corrected chi connectivity index (χ3v) is 5.13. The first-order chi connectivity index (χ1) is 10.6. The molecule has 1 atom stereocenters. The highest BCUT2D eigenvalue weighted by atomic mass is 32.1. The van der Waals surface area contributed by atoms with E-state index in [-0.39, 0.29) is 5.91 Å². The Kier molecular flexibility index (Phi) is 4.24. The first kappa shape index (κ1) is 14.8. The fourth-order valence-corrected chi connectivity index (χ4v) is 3.73. The van der Waals surface area contributed by atoms with E-state index in [0.29, 0.717) is 11.6 Å². The van der Waals surface area contributed by atoms with E-state index in [4.69, 9.17) is 0 Å². The molecular weight excluding hydrogens is 294 g/mol. The second-order valence-corrected chi connectivity index (χ2v) is 6.84. The van der Waals surface area contributed by atoms with Crippen LogP contribution in [0.3, 0.4) is 0 Å². The summed E-state index contributed by atoms with van der Waals surface area (Å²) in [4.78, 5) is 18.4. The minimum Gasteiger partial charge on any atom is -0.298 e. The smallest absolute Gasteiger partial charge is 0.279 e. The van der Waals surface area contributed by atoms with Crippen molar-refractivity contribution < 1.29 is 4.79 Å². The molecule has 5 heteroatoms. The zero-order chi connectivity index (χ0) is 15.5. The number of pyridine rings is 1. The molecule has 0 bridgehead atoms. The van der Waals surface area contributed by atoms with Crippen molar-refractivity contribution in [3.8, 4) is 0 Å². The van der Waals surface area contributed by atoms with Crippen molar-refractivity contribution in [1.82, 2.24) is 15.8 Å². The molecule has 114 valence electrons. The maximum Gasteiger partial charge on any atom is 0.279 e. The Morgan fingerprint density at radius 3 is 3.09 bits per heavy atom. The van der Waals surface area contributed by atoms with Gasteiger partial charge in [-0.25, -0.2) is 0 Å². The number of nitrogens with one attached hydrogen (secondary N) is 2. The second-order valence-electron chi connectivity index (χ2n) is 5.71. The number of hydrazine groups is 1. The van der Waals surface area contributed by atoms with Crippen molar-refractivity contribution in [1.29, 1.82) is 0 Å². The lowest BCUT2D eigenvalue weighted by molar-refractivity contribution is 0.0946. The predicted octanol–water partition coefficient (Wildman–Crippen LogP) is 3.17. The molecule has 4 nitrogen and oxygen atoms in total. The van der Waals surface area contributed by atoms with Gasteiger partial charge in [0.25, 0.3) is 5.91 Å². The average Bonchev–Trinajstić information content (AvgIpc) is 2.96. The molecule has 2 heterocycles. The lowest BCUT2D eigenvalue weighted by atomic mass is 9.90. The molecule has 0 unspecified atom stereocenters. The Bertz CT molecular complexity index is 693. The normalized spacial score (nSPS) is 16.7. The molecule has 1 aliphatic carbocycles. The Hall–Kier alpha value is -2.14. The number of fused-ring (bicyclic) bond motifs is 1. The Morgan fingerprint density at radius 1 is 1.45 bits per heavy atom. The number of nitrogens with zero attached hydrogens (tertiary/aromatic N) is 1. The zero-order valence-electron chi connectivity index (χ0n) is 12.6. The summed E-state index contributed by atoms with van der Waals surface area (Å²) >= 11 is 1.60. The highest BCUT2D eigenvalue weighted by Gasteiger charge is 2.20. The van der Waals surface area contributed by atoms with E-state index in [1.54, 1.807) is 23.7 Å².